The molecule has 0 radical (unpaired) electrons. The average molecular weight is 402 g/mol. The first-order chi connectivity index (χ1) is 15.3. The van der Waals surface area contributed by atoms with Gasteiger partial charge < -0.3 is 5.11 Å². The second kappa shape index (κ2) is 8.16. The van der Waals surface area contributed by atoms with E-state index < -0.39 is 0 Å². The lowest BCUT2D eigenvalue weighted by molar-refractivity contribution is 0.483. The van der Waals surface area contributed by atoms with Crippen molar-refractivity contribution in [2.75, 3.05) is 0 Å². The molecule has 0 fully saturated rings. The molecule has 1 N–H and O–H groups in total. The molecule has 31 heavy (non-hydrogen) atoms. The van der Waals surface area contributed by atoms with Crippen LogP contribution in [0.4, 0.5) is 22.7 Å². The summed E-state index contributed by atoms with van der Waals surface area (Å²) in [7, 11) is 0. The quantitative estimate of drug-likeness (QED) is 0.301. The van der Waals surface area contributed by atoms with Crippen LogP contribution in [0.1, 0.15) is 0 Å². The minimum Gasteiger partial charge on any atom is -0.505 e. The third kappa shape index (κ3) is 3.76. The Morgan fingerprint density at radius 3 is 1.97 bits per heavy atom. The van der Waals surface area contributed by atoms with Crippen LogP contribution >= 0.6 is 0 Å². The summed E-state index contributed by atoms with van der Waals surface area (Å²) in [6.07, 6.45) is 0. The number of rotatable bonds is 4. The van der Waals surface area contributed by atoms with E-state index in [-0.39, 0.29) is 11.4 Å². The van der Waals surface area contributed by atoms with Crippen molar-refractivity contribution >= 4 is 44.3 Å². The molecule has 0 heterocycles. The van der Waals surface area contributed by atoms with Crippen LogP contribution in [0.2, 0.25) is 0 Å². The van der Waals surface area contributed by atoms with Gasteiger partial charge in [0.2, 0.25) is 0 Å². The van der Waals surface area contributed by atoms with Gasteiger partial charge in [-0.15, -0.1) is 15.3 Å². The van der Waals surface area contributed by atoms with Gasteiger partial charge in [0.25, 0.3) is 0 Å². The Balaban J connectivity index is 1.64. The second-order valence-corrected chi connectivity index (χ2v) is 7.05. The molecule has 0 amide bonds. The minimum atomic E-state index is 0.0321. The van der Waals surface area contributed by atoms with Crippen LogP contribution in [0.25, 0.3) is 21.5 Å². The summed E-state index contributed by atoms with van der Waals surface area (Å²) in [5.41, 5.74) is 2.17. The highest BCUT2D eigenvalue weighted by molar-refractivity contribution is 5.97. The summed E-state index contributed by atoms with van der Waals surface area (Å²) in [4.78, 5) is 0. The Kier molecular flexibility index (Phi) is 4.91. The van der Waals surface area contributed by atoms with Crippen molar-refractivity contribution in [1.82, 2.24) is 0 Å². The van der Waals surface area contributed by atoms with Gasteiger partial charge in [0.15, 0.2) is 11.4 Å². The molecule has 0 aliphatic heterocycles. The predicted octanol–water partition coefficient (Wildman–Crippen LogP) is 8.53. The van der Waals surface area contributed by atoms with Crippen molar-refractivity contribution in [3.8, 4) is 5.75 Å². The number of azo groups is 2. The van der Waals surface area contributed by atoms with Crippen LogP contribution in [0.15, 0.2) is 124 Å². The van der Waals surface area contributed by atoms with Gasteiger partial charge in [0.1, 0.15) is 5.69 Å². The number of benzene rings is 5. The Morgan fingerprint density at radius 2 is 1.13 bits per heavy atom. The molecule has 0 saturated carbocycles. The van der Waals surface area contributed by atoms with E-state index in [9.17, 15) is 5.11 Å². The zero-order valence-electron chi connectivity index (χ0n) is 16.6. The van der Waals surface area contributed by atoms with Crippen molar-refractivity contribution in [3.63, 3.8) is 0 Å². The molecule has 5 aromatic rings. The van der Waals surface area contributed by atoms with Crippen molar-refractivity contribution < 1.29 is 5.11 Å². The van der Waals surface area contributed by atoms with Gasteiger partial charge in [-0.2, -0.15) is 5.11 Å². The van der Waals surface area contributed by atoms with Crippen LogP contribution in [0.5, 0.6) is 5.75 Å². The first kappa shape index (κ1) is 18.6. The molecule has 5 aromatic carbocycles. The zero-order valence-corrected chi connectivity index (χ0v) is 16.6. The van der Waals surface area contributed by atoms with E-state index in [2.05, 4.69) is 20.5 Å². The van der Waals surface area contributed by atoms with E-state index >= 15 is 0 Å². The van der Waals surface area contributed by atoms with Crippen LogP contribution in [-0.4, -0.2) is 5.11 Å². The molecule has 148 valence electrons. The maximum Gasteiger partial charge on any atom is 0.155 e. The van der Waals surface area contributed by atoms with E-state index in [0.717, 1.165) is 21.8 Å². The highest BCUT2D eigenvalue weighted by Crippen LogP contribution is 2.44. The van der Waals surface area contributed by atoms with E-state index in [4.69, 9.17) is 0 Å². The number of hydrogen-bond donors (Lipinski definition) is 1. The molecular formula is C26H18N4O. The number of hydrogen-bond acceptors (Lipinski definition) is 5. The SMILES string of the molecule is Oc1c(N=Nc2ccccc2)c(N=Nc2cccc3ccccc23)cc2ccccc12. The molecule has 0 unspecified atom stereocenters. The van der Waals surface area contributed by atoms with Crippen LogP contribution in [0, 0.1) is 0 Å². The van der Waals surface area contributed by atoms with Gasteiger partial charge in [-0.25, -0.2) is 0 Å². The van der Waals surface area contributed by atoms with Gasteiger partial charge in [0, 0.05) is 10.8 Å². The third-order valence-electron chi connectivity index (χ3n) is 5.03. The first-order valence-corrected chi connectivity index (χ1v) is 9.90. The molecule has 0 saturated heterocycles. The van der Waals surface area contributed by atoms with Crippen LogP contribution < -0.4 is 0 Å². The largest absolute Gasteiger partial charge is 0.505 e. The van der Waals surface area contributed by atoms with E-state index in [1.54, 1.807) is 0 Å². The van der Waals surface area contributed by atoms with Gasteiger partial charge in [-0.1, -0.05) is 78.9 Å². The number of fused-ring (bicyclic) bond motifs is 2. The monoisotopic (exact) mass is 402 g/mol. The van der Waals surface area contributed by atoms with Crippen LogP contribution in [-0.2, 0) is 0 Å². The minimum absolute atomic E-state index is 0.0321. The molecule has 0 atom stereocenters. The van der Waals surface area contributed by atoms with Gasteiger partial charge >= 0.3 is 0 Å². The molecule has 0 aliphatic rings. The summed E-state index contributed by atoms with van der Waals surface area (Å²) >= 11 is 0. The number of aromatic hydroxyl groups is 1. The van der Waals surface area contributed by atoms with E-state index in [0.29, 0.717) is 16.8 Å². The lowest BCUT2D eigenvalue weighted by atomic mass is 10.1. The molecule has 0 aromatic heterocycles. The van der Waals surface area contributed by atoms with Crippen molar-refractivity contribution in [1.29, 1.82) is 0 Å². The molecule has 5 heteroatoms. The topological polar surface area (TPSA) is 69.7 Å². The molecule has 5 rings (SSSR count). The molecule has 0 bridgehead atoms. The second-order valence-electron chi connectivity index (χ2n) is 7.05. The molecule has 0 aliphatic carbocycles. The summed E-state index contributed by atoms with van der Waals surface area (Å²) in [6, 6.07) is 32.7. The maximum atomic E-state index is 10.9. The summed E-state index contributed by atoms with van der Waals surface area (Å²) < 4.78 is 0. The van der Waals surface area contributed by atoms with E-state index in [1.807, 2.05) is 103 Å². The zero-order chi connectivity index (χ0) is 21.0. The number of phenols is 1. The van der Waals surface area contributed by atoms with Crippen molar-refractivity contribution in [2.45, 2.75) is 0 Å². The maximum absolute atomic E-state index is 10.9. The molecule has 0 spiro atoms. The summed E-state index contributed by atoms with van der Waals surface area (Å²) in [5, 5.41) is 32.1. The fraction of sp³-hybridized carbons (Fsp3) is 0. The summed E-state index contributed by atoms with van der Waals surface area (Å²) in [6.45, 7) is 0. The fourth-order valence-corrected chi connectivity index (χ4v) is 3.48. The highest BCUT2D eigenvalue weighted by atomic mass is 16.3. The summed E-state index contributed by atoms with van der Waals surface area (Å²) in [5.74, 6) is 0.0321. The van der Waals surface area contributed by atoms with Crippen LogP contribution in [0.3, 0.4) is 0 Å². The number of phenolic OH excluding ortho intramolecular Hbond substituents is 1. The lowest BCUT2D eigenvalue weighted by Crippen LogP contribution is -1.77. The standard InChI is InChI=1S/C26H18N4O/c31-26-22-15-7-5-10-19(22)17-24(25(26)30-27-20-12-2-1-3-13-20)29-28-23-16-8-11-18-9-4-6-14-21(18)23/h1-17,31H. The van der Waals surface area contributed by atoms with Gasteiger partial charge in [-0.05, 0) is 35.0 Å². The normalized spacial score (nSPS) is 11.7. The Bertz CT molecular complexity index is 1440. The lowest BCUT2D eigenvalue weighted by Gasteiger charge is -2.07. The fourth-order valence-electron chi connectivity index (χ4n) is 3.48. The molecular weight excluding hydrogens is 384 g/mol. The predicted molar refractivity (Wildman–Crippen MR) is 124 cm³/mol. The molecule has 5 nitrogen and oxygen atoms in total. The van der Waals surface area contributed by atoms with Gasteiger partial charge in [0.05, 0.1) is 11.4 Å². The first-order valence-electron chi connectivity index (χ1n) is 9.90. The third-order valence-corrected chi connectivity index (χ3v) is 5.03. The number of nitrogens with zero attached hydrogens (tertiary/aromatic N) is 4. The Hall–Kier alpha value is -4.38. The van der Waals surface area contributed by atoms with E-state index in [1.165, 1.54) is 0 Å². The van der Waals surface area contributed by atoms with Crippen molar-refractivity contribution in [2.24, 2.45) is 20.5 Å². The van der Waals surface area contributed by atoms with Crippen molar-refractivity contribution in [3.05, 3.63) is 103 Å². The Labute approximate surface area is 179 Å². The average Bonchev–Trinajstić information content (AvgIpc) is 2.83. The highest BCUT2D eigenvalue weighted by Gasteiger charge is 2.13. The smallest absolute Gasteiger partial charge is 0.155 e. The Morgan fingerprint density at radius 1 is 0.484 bits per heavy atom. The van der Waals surface area contributed by atoms with Gasteiger partial charge in [-0.3, -0.25) is 0 Å².